The minimum Gasteiger partial charge on any atom is -0.381 e. The molecule has 0 aromatic heterocycles. The van der Waals surface area contributed by atoms with E-state index in [9.17, 15) is 0 Å². The average Bonchev–Trinajstić information content (AvgIpc) is 3.24. The third kappa shape index (κ3) is 3.32. The van der Waals surface area contributed by atoms with Gasteiger partial charge in [-0.1, -0.05) is 53.2 Å². The van der Waals surface area contributed by atoms with Crippen molar-refractivity contribution in [3.05, 3.63) is 11.6 Å². The monoisotopic (exact) mass is 456 g/mol. The molecule has 9 atom stereocenters. The molecule has 0 bridgehead atoms. The summed E-state index contributed by atoms with van der Waals surface area (Å²) < 4.78 is 11.9. The van der Waals surface area contributed by atoms with Crippen molar-refractivity contribution in [2.24, 2.45) is 45.3 Å². The fourth-order valence-electron chi connectivity index (χ4n) is 10.4. The zero-order chi connectivity index (χ0) is 24.0. The molecule has 0 spiro atoms. The van der Waals surface area contributed by atoms with Gasteiger partial charge in [0.2, 0.25) is 0 Å². The maximum atomic E-state index is 6.01. The Kier molecular flexibility index (Phi) is 5.60. The van der Waals surface area contributed by atoms with Gasteiger partial charge in [0.25, 0.3) is 0 Å². The predicted molar refractivity (Wildman–Crippen MR) is 137 cm³/mol. The van der Waals surface area contributed by atoms with Gasteiger partial charge in [0.15, 0.2) is 0 Å². The van der Waals surface area contributed by atoms with Gasteiger partial charge in [0.05, 0.1) is 17.8 Å². The topological polar surface area (TPSA) is 21.8 Å². The summed E-state index contributed by atoms with van der Waals surface area (Å²) in [6.45, 7) is 20.1. The summed E-state index contributed by atoms with van der Waals surface area (Å²) in [5.74, 6) is 3.19. The van der Waals surface area contributed by atoms with E-state index in [1.807, 2.05) is 12.7 Å². The molecule has 1 heterocycles. The third-order valence-corrected chi connectivity index (χ3v) is 12.8. The van der Waals surface area contributed by atoms with E-state index in [-0.39, 0.29) is 11.0 Å². The molecule has 4 fully saturated rings. The molecule has 1 aliphatic heterocycles. The highest BCUT2D eigenvalue weighted by Crippen LogP contribution is 2.73. The third-order valence-electron chi connectivity index (χ3n) is 12.8. The van der Waals surface area contributed by atoms with Gasteiger partial charge in [-0.25, -0.2) is 0 Å². The second-order valence-corrected chi connectivity index (χ2v) is 14.8. The van der Waals surface area contributed by atoms with Gasteiger partial charge >= 0.3 is 0 Å². The molecule has 0 aromatic carbocycles. The van der Waals surface area contributed by atoms with Crippen molar-refractivity contribution in [1.29, 1.82) is 0 Å². The Morgan fingerprint density at radius 2 is 1.67 bits per heavy atom. The van der Waals surface area contributed by atoms with Crippen molar-refractivity contribution in [2.45, 2.75) is 131 Å². The van der Waals surface area contributed by atoms with Gasteiger partial charge in [0, 0.05) is 7.11 Å². The molecule has 0 aromatic rings. The number of rotatable bonds is 5. The van der Waals surface area contributed by atoms with Crippen LogP contribution in [0, 0.1) is 45.3 Å². The minimum absolute atomic E-state index is 0.139. The number of hydrogen-bond donors (Lipinski definition) is 0. The van der Waals surface area contributed by atoms with Crippen LogP contribution in [-0.4, -0.2) is 24.9 Å². The molecule has 2 nitrogen and oxygen atoms in total. The lowest BCUT2D eigenvalue weighted by Gasteiger charge is -2.64. The van der Waals surface area contributed by atoms with E-state index in [2.05, 4.69) is 61.5 Å². The Balaban J connectivity index is 1.39. The number of methoxy groups -OCH3 is 1. The molecule has 33 heavy (non-hydrogen) atoms. The lowest BCUT2D eigenvalue weighted by molar-refractivity contribution is -0.130. The van der Waals surface area contributed by atoms with Crippen molar-refractivity contribution in [3.63, 3.8) is 0 Å². The lowest BCUT2D eigenvalue weighted by Crippen LogP contribution is -2.58. The first-order chi connectivity index (χ1) is 15.3. The quantitative estimate of drug-likeness (QED) is 0.307. The molecule has 1 saturated heterocycles. The van der Waals surface area contributed by atoms with E-state index >= 15 is 0 Å². The van der Waals surface area contributed by atoms with E-state index in [0.717, 1.165) is 23.7 Å². The normalized spacial score (nSPS) is 50.6. The van der Waals surface area contributed by atoms with Crippen LogP contribution in [0.3, 0.4) is 0 Å². The Morgan fingerprint density at radius 1 is 0.970 bits per heavy atom. The minimum atomic E-state index is 0.139. The van der Waals surface area contributed by atoms with Gasteiger partial charge in [-0.2, -0.15) is 0 Å². The van der Waals surface area contributed by atoms with Crippen LogP contribution in [0.2, 0.25) is 0 Å². The van der Waals surface area contributed by atoms with Gasteiger partial charge in [-0.05, 0) is 117 Å². The summed E-state index contributed by atoms with van der Waals surface area (Å²) >= 11 is 0. The van der Waals surface area contributed by atoms with E-state index in [4.69, 9.17) is 9.47 Å². The summed E-state index contributed by atoms with van der Waals surface area (Å²) in [6, 6.07) is 0. The summed E-state index contributed by atoms with van der Waals surface area (Å²) in [7, 11) is 1.93. The summed E-state index contributed by atoms with van der Waals surface area (Å²) in [4.78, 5) is 0. The van der Waals surface area contributed by atoms with Crippen LogP contribution in [0.25, 0.3) is 0 Å². The first-order valence-corrected chi connectivity index (χ1v) is 14.2. The fraction of sp³-hybridized carbons (Fsp3) is 0.935. The Bertz CT molecular complexity index is 810. The van der Waals surface area contributed by atoms with Gasteiger partial charge < -0.3 is 9.47 Å². The maximum absolute atomic E-state index is 6.01. The van der Waals surface area contributed by atoms with Crippen molar-refractivity contribution in [3.8, 4) is 0 Å². The van der Waals surface area contributed by atoms with Crippen molar-refractivity contribution in [1.82, 2.24) is 0 Å². The van der Waals surface area contributed by atoms with E-state index in [0.29, 0.717) is 28.5 Å². The molecule has 2 heteroatoms. The molecule has 5 aliphatic rings. The highest BCUT2D eigenvalue weighted by molar-refractivity contribution is 5.32. The zero-order valence-electron chi connectivity index (χ0n) is 23.2. The number of hydrogen-bond acceptors (Lipinski definition) is 2. The van der Waals surface area contributed by atoms with Crippen LogP contribution >= 0.6 is 0 Å². The smallest absolute Gasteiger partial charge is 0.0892 e. The standard InChI is InChI=1S/C31H52O2/c1-20(10-13-26-28(4,5)33-26)21-14-18-31(8)23-11-12-24-27(2,3)25(32-9)16-17-29(24,6)22(23)15-19-30(21,31)7/h15,20-21,23-26H,10-14,16-19H2,1-9H3/t20-,21-,23-,24+,25+,26+,29-,30-,31+/m1/s1. The first-order valence-electron chi connectivity index (χ1n) is 14.2. The molecule has 0 N–H and O–H groups in total. The lowest BCUT2D eigenvalue weighted by atomic mass is 9.41. The zero-order valence-corrected chi connectivity index (χ0v) is 23.2. The highest BCUT2D eigenvalue weighted by Gasteiger charge is 2.65. The van der Waals surface area contributed by atoms with Crippen LogP contribution in [-0.2, 0) is 9.47 Å². The second kappa shape index (κ2) is 7.58. The maximum Gasteiger partial charge on any atom is 0.0892 e. The number of epoxide rings is 1. The Morgan fingerprint density at radius 3 is 2.30 bits per heavy atom. The van der Waals surface area contributed by atoms with Gasteiger partial charge in [-0.15, -0.1) is 0 Å². The second-order valence-electron chi connectivity index (χ2n) is 14.8. The van der Waals surface area contributed by atoms with Crippen molar-refractivity contribution < 1.29 is 9.47 Å². The SMILES string of the molecule is CO[C@H]1CC[C@]2(C)C3=CC[C@]4(C)[C@@H]([C@H](C)CC[C@@H]5OC5(C)C)CC[C@@]4(C)[C@@H]3CC[C@H]2C1(C)C. The number of ether oxygens (including phenoxy) is 2. The number of fused-ring (bicyclic) bond motifs is 5. The van der Waals surface area contributed by atoms with E-state index in [1.54, 1.807) is 0 Å². The van der Waals surface area contributed by atoms with Crippen LogP contribution in [0.1, 0.15) is 113 Å². The Hall–Kier alpha value is -0.340. The molecular weight excluding hydrogens is 404 g/mol. The van der Waals surface area contributed by atoms with Crippen LogP contribution in [0.4, 0.5) is 0 Å². The molecular formula is C31H52O2. The van der Waals surface area contributed by atoms with E-state index in [1.165, 1.54) is 57.8 Å². The number of allylic oxidation sites excluding steroid dienone is 2. The molecule has 188 valence electrons. The highest BCUT2D eigenvalue weighted by atomic mass is 16.6. The first kappa shape index (κ1) is 24.4. The van der Waals surface area contributed by atoms with Crippen LogP contribution in [0.15, 0.2) is 11.6 Å². The molecule has 0 radical (unpaired) electrons. The van der Waals surface area contributed by atoms with Crippen molar-refractivity contribution >= 4 is 0 Å². The largest absolute Gasteiger partial charge is 0.381 e. The summed E-state index contributed by atoms with van der Waals surface area (Å²) in [6.07, 6.45) is 15.7. The average molecular weight is 457 g/mol. The van der Waals surface area contributed by atoms with Crippen LogP contribution in [0.5, 0.6) is 0 Å². The molecule has 0 amide bonds. The molecule has 4 aliphatic carbocycles. The molecule has 5 rings (SSSR count). The van der Waals surface area contributed by atoms with E-state index < -0.39 is 0 Å². The van der Waals surface area contributed by atoms with Crippen LogP contribution < -0.4 is 0 Å². The Labute approximate surface area is 204 Å². The summed E-state index contributed by atoms with van der Waals surface area (Å²) in [5.41, 5.74) is 3.54. The summed E-state index contributed by atoms with van der Waals surface area (Å²) in [5, 5.41) is 0. The molecule has 3 saturated carbocycles. The molecule has 0 unspecified atom stereocenters. The predicted octanol–water partition coefficient (Wildman–Crippen LogP) is 8.20. The fourth-order valence-corrected chi connectivity index (χ4v) is 10.4. The van der Waals surface area contributed by atoms with Gasteiger partial charge in [0.1, 0.15) is 0 Å². The van der Waals surface area contributed by atoms with Gasteiger partial charge in [-0.3, -0.25) is 0 Å². The van der Waals surface area contributed by atoms with Crippen molar-refractivity contribution in [2.75, 3.05) is 7.11 Å².